The predicted octanol–water partition coefficient (Wildman–Crippen LogP) is 2.72. The molecule has 0 fully saturated rings. The van der Waals surface area contributed by atoms with E-state index in [2.05, 4.69) is 17.2 Å². The second-order valence-corrected chi connectivity index (χ2v) is 6.75. The van der Waals surface area contributed by atoms with Crippen LogP contribution in [0.15, 0.2) is 12.7 Å². The van der Waals surface area contributed by atoms with Crippen LogP contribution >= 0.6 is 0 Å². The third kappa shape index (κ3) is 11.3. The highest BCUT2D eigenvalue weighted by molar-refractivity contribution is 5.90. The van der Waals surface area contributed by atoms with Gasteiger partial charge in [-0.2, -0.15) is 0 Å². The summed E-state index contributed by atoms with van der Waals surface area (Å²) in [5.41, 5.74) is 0. The molecule has 2 atom stereocenters. The lowest BCUT2D eigenvalue weighted by atomic mass is 10.0. The van der Waals surface area contributed by atoms with E-state index >= 15 is 0 Å². The molecule has 0 spiro atoms. The van der Waals surface area contributed by atoms with E-state index in [0.717, 1.165) is 32.1 Å². The van der Waals surface area contributed by atoms with Crippen LogP contribution in [-0.4, -0.2) is 37.0 Å². The number of methoxy groups -OCH3 is 1. The van der Waals surface area contributed by atoms with E-state index < -0.39 is 18.1 Å². The van der Waals surface area contributed by atoms with Crippen LogP contribution in [0.4, 0.5) is 0 Å². The summed E-state index contributed by atoms with van der Waals surface area (Å²) >= 11 is 0. The smallest absolute Gasteiger partial charge is 0.328 e. The summed E-state index contributed by atoms with van der Waals surface area (Å²) in [5, 5.41) is 5.39. The molecule has 0 unspecified atom stereocenters. The Balaban J connectivity index is 4.63. The van der Waals surface area contributed by atoms with Crippen molar-refractivity contribution in [1.29, 1.82) is 0 Å². The third-order valence-electron chi connectivity index (χ3n) is 3.85. The van der Waals surface area contributed by atoms with Crippen molar-refractivity contribution in [2.75, 3.05) is 7.11 Å². The van der Waals surface area contributed by atoms with Gasteiger partial charge in [0.15, 0.2) is 0 Å². The van der Waals surface area contributed by atoms with Gasteiger partial charge in [0.25, 0.3) is 0 Å². The molecular weight excluding hydrogens is 320 g/mol. The lowest BCUT2D eigenvalue weighted by Crippen LogP contribution is -2.51. The van der Waals surface area contributed by atoms with E-state index in [1.165, 1.54) is 14.0 Å². The highest BCUT2D eigenvalue weighted by Crippen LogP contribution is 2.10. The number of amides is 2. The highest BCUT2D eigenvalue weighted by Gasteiger charge is 2.26. The van der Waals surface area contributed by atoms with Gasteiger partial charge in [-0.1, -0.05) is 39.2 Å². The van der Waals surface area contributed by atoms with Crippen molar-refractivity contribution in [1.82, 2.24) is 10.6 Å². The zero-order chi connectivity index (χ0) is 19.2. The van der Waals surface area contributed by atoms with Gasteiger partial charge < -0.3 is 15.4 Å². The average Bonchev–Trinajstić information content (AvgIpc) is 2.54. The molecule has 0 bridgehead atoms. The standard InChI is InChI=1S/C19H34N2O4/c1-6-7-8-9-10-11-12-16(19(24)25-5)21-18(23)17(13-14(2)3)20-15(4)22/h6,14,16-17H,1,7-13H2,2-5H3,(H,20,22)(H,21,23)/t16-,17+/m1/s1. The first-order valence-electron chi connectivity index (χ1n) is 9.08. The van der Waals surface area contributed by atoms with Crippen LogP contribution in [0.1, 0.15) is 65.7 Å². The number of rotatable bonds is 13. The van der Waals surface area contributed by atoms with Crippen molar-refractivity contribution in [2.45, 2.75) is 77.8 Å². The van der Waals surface area contributed by atoms with Crippen LogP contribution in [-0.2, 0) is 19.1 Å². The van der Waals surface area contributed by atoms with E-state index in [1.54, 1.807) is 0 Å². The molecule has 2 amide bonds. The molecule has 0 aromatic rings. The van der Waals surface area contributed by atoms with Crippen molar-refractivity contribution in [3.05, 3.63) is 12.7 Å². The Morgan fingerprint density at radius 3 is 2.20 bits per heavy atom. The lowest BCUT2D eigenvalue weighted by molar-refractivity contribution is -0.145. The zero-order valence-corrected chi connectivity index (χ0v) is 16.1. The van der Waals surface area contributed by atoms with E-state index in [-0.39, 0.29) is 17.7 Å². The Kier molecular flexibility index (Phi) is 12.4. The molecule has 6 heteroatoms. The number of allylic oxidation sites excluding steroid dienone is 1. The zero-order valence-electron chi connectivity index (χ0n) is 16.1. The number of hydrogen-bond donors (Lipinski definition) is 2. The molecule has 144 valence electrons. The lowest BCUT2D eigenvalue weighted by Gasteiger charge is -2.23. The molecule has 0 rings (SSSR count). The summed E-state index contributed by atoms with van der Waals surface area (Å²) in [6, 6.07) is -1.32. The molecule has 0 aromatic carbocycles. The average molecular weight is 354 g/mol. The second-order valence-electron chi connectivity index (χ2n) is 6.75. The van der Waals surface area contributed by atoms with Crippen LogP contribution in [0, 0.1) is 5.92 Å². The minimum absolute atomic E-state index is 0.240. The van der Waals surface area contributed by atoms with Gasteiger partial charge in [-0.15, -0.1) is 6.58 Å². The maximum Gasteiger partial charge on any atom is 0.328 e. The van der Waals surface area contributed by atoms with Gasteiger partial charge in [-0.25, -0.2) is 4.79 Å². The summed E-state index contributed by atoms with van der Waals surface area (Å²) < 4.78 is 4.80. The van der Waals surface area contributed by atoms with E-state index in [4.69, 9.17) is 4.74 Å². The summed E-state index contributed by atoms with van der Waals surface area (Å²) in [6.07, 6.45) is 7.89. The molecule has 0 saturated heterocycles. The predicted molar refractivity (Wildman–Crippen MR) is 98.9 cm³/mol. The summed E-state index contributed by atoms with van der Waals surface area (Å²) in [6.45, 7) is 9.02. The summed E-state index contributed by atoms with van der Waals surface area (Å²) in [5.74, 6) is -0.821. The molecule has 2 N–H and O–H groups in total. The first-order chi connectivity index (χ1) is 11.8. The topological polar surface area (TPSA) is 84.5 Å². The van der Waals surface area contributed by atoms with Crippen LogP contribution in [0.2, 0.25) is 0 Å². The molecule has 0 aliphatic heterocycles. The third-order valence-corrected chi connectivity index (χ3v) is 3.85. The molecule has 25 heavy (non-hydrogen) atoms. The molecule has 0 aliphatic rings. The fourth-order valence-electron chi connectivity index (χ4n) is 2.60. The fourth-order valence-corrected chi connectivity index (χ4v) is 2.60. The Morgan fingerprint density at radius 1 is 1.04 bits per heavy atom. The highest BCUT2D eigenvalue weighted by atomic mass is 16.5. The SMILES string of the molecule is C=CCCCCCC[C@@H](NC(=O)[C@H](CC(C)C)NC(C)=O)C(=O)OC. The van der Waals surface area contributed by atoms with Crippen molar-refractivity contribution in [2.24, 2.45) is 5.92 Å². The van der Waals surface area contributed by atoms with Crippen molar-refractivity contribution in [3.8, 4) is 0 Å². The normalized spacial score (nSPS) is 13.0. The van der Waals surface area contributed by atoms with Crippen molar-refractivity contribution in [3.63, 3.8) is 0 Å². The Hall–Kier alpha value is -1.85. The minimum atomic E-state index is -0.680. The van der Waals surface area contributed by atoms with Gasteiger partial charge in [0.2, 0.25) is 11.8 Å². The Morgan fingerprint density at radius 2 is 1.68 bits per heavy atom. The largest absolute Gasteiger partial charge is 0.467 e. The van der Waals surface area contributed by atoms with Crippen LogP contribution < -0.4 is 10.6 Å². The Bertz CT molecular complexity index is 435. The number of carbonyl (C=O) groups is 3. The van der Waals surface area contributed by atoms with Crippen LogP contribution in [0.25, 0.3) is 0 Å². The number of ether oxygens (including phenoxy) is 1. The summed E-state index contributed by atoms with van der Waals surface area (Å²) in [4.78, 5) is 35.7. The van der Waals surface area contributed by atoms with Crippen molar-refractivity contribution < 1.29 is 19.1 Å². The quantitative estimate of drug-likeness (QED) is 0.303. The molecule has 0 saturated carbocycles. The number of hydrogen-bond acceptors (Lipinski definition) is 4. The van der Waals surface area contributed by atoms with Crippen molar-refractivity contribution >= 4 is 17.8 Å². The minimum Gasteiger partial charge on any atom is -0.467 e. The summed E-state index contributed by atoms with van der Waals surface area (Å²) in [7, 11) is 1.31. The number of esters is 1. The monoisotopic (exact) mass is 354 g/mol. The first kappa shape index (κ1) is 23.1. The van der Waals surface area contributed by atoms with Gasteiger partial charge >= 0.3 is 5.97 Å². The number of carbonyl (C=O) groups excluding carboxylic acids is 3. The second kappa shape index (κ2) is 13.4. The molecule has 0 aliphatic carbocycles. The van der Waals surface area contributed by atoms with E-state index in [0.29, 0.717) is 12.8 Å². The van der Waals surface area contributed by atoms with Gasteiger partial charge in [0.05, 0.1) is 7.11 Å². The van der Waals surface area contributed by atoms with Crippen LogP contribution in [0.5, 0.6) is 0 Å². The molecule has 0 heterocycles. The fraction of sp³-hybridized carbons (Fsp3) is 0.737. The number of nitrogens with one attached hydrogen (secondary N) is 2. The maximum absolute atomic E-state index is 12.5. The van der Waals surface area contributed by atoms with Gasteiger partial charge in [0.1, 0.15) is 12.1 Å². The molecular formula is C19H34N2O4. The first-order valence-corrected chi connectivity index (χ1v) is 9.08. The maximum atomic E-state index is 12.5. The molecule has 0 aromatic heterocycles. The van der Waals surface area contributed by atoms with Gasteiger partial charge in [-0.3, -0.25) is 9.59 Å². The van der Waals surface area contributed by atoms with Gasteiger partial charge in [0, 0.05) is 6.92 Å². The van der Waals surface area contributed by atoms with E-state index in [9.17, 15) is 14.4 Å². The number of unbranched alkanes of at least 4 members (excludes halogenated alkanes) is 4. The molecule has 0 radical (unpaired) electrons. The Labute approximate surface area is 151 Å². The van der Waals surface area contributed by atoms with Crippen LogP contribution in [0.3, 0.4) is 0 Å². The molecule has 6 nitrogen and oxygen atoms in total. The van der Waals surface area contributed by atoms with E-state index in [1.807, 2.05) is 19.9 Å². The van der Waals surface area contributed by atoms with Gasteiger partial charge in [-0.05, 0) is 31.6 Å².